The summed E-state index contributed by atoms with van der Waals surface area (Å²) in [6, 6.07) is 12.0. The molecule has 0 aliphatic heterocycles. The fourth-order valence-corrected chi connectivity index (χ4v) is 3.48. The summed E-state index contributed by atoms with van der Waals surface area (Å²) in [5.41, 5.74) is 5.77. The third kappa shape index (κ3) is 2.47. The Kier molecular flexibility index (Phi) is 3.80. The number of hydrogen-bond donors (Lipinski definition) is 1. The second-order valence-electron chi connectivity index (χ2n) is 6.72. The summed E-state index contributed by atoms with van der Waals surface area (Å²) >= 11 is 0. The van der Waals surface area contributed by atoms with Crippen molar-refractivity contribution in [3.63, 3.8) is 0 Å². The van der Waals surface area contributed by atoms with Crippen molar-refractivity contribution in [2.75, 3.05) is 0 Å². The number of fused-ring (bicyclic) bond motifs is 2. The molecule has 0 saturated heterocycles. The van der Waals surface area contributed by atoms with Gasteiger partial charge in [-0.05, 0) is 44.0 Å². The van der Waals surface area contributed by atoms with Gasteiger partial charge in [-0.25, -0.2) is 4.98 Å². The highest BCUT2D eigenvalue weighted by Crippen LogP contribution is 2.30. The molecule has 0 spiro atoms. The van der Waals surface area contributed by atoms with Crippen LogP contribution in [0.5, 0.6) is 0 Å². The Labute approximate surface area is 151 Å². The maximum Gasteiger partial charge on any atom is 0.287 e. The fourth-order valence-electron chi connectivity index (χ4n) is 3.48. The Morgan fingerprint density at radius 1 is 1.12 bits per heavy atom. The van der Waals surface area contributed by atoms with E-state index < -0.39 is 0 Å². The van der Waals surface area contributed by atoms with E-state index in [1.54, 1.807) is 0 Å². The molecule has 2 heterocycles. The van der Waals surface area contributed by atoms with Crippen molar-refractivity contribution >= 4 is 27.9 Å². The van der Waals surface area contributed by atoms with Crippen LogP contribution in [-0.2, 0) is 13.6 Å². The van der Waals surface area contributed by atoms with Gasteiger partial charge in [-0.2, -0.15) is 0 Å². The molecule has 2 aromatic heterocycles. The third-order valence-electron chi connectivity index (χ3n) is 4.98. The summed E-state index contributed by atoms with van der Waals surface area (Å²) in [5, 5.41) is 3.97. The number of nitrogens with zero attached hydrogens (tertiary/aromatic N) is 2. The van der Waals surface area contributed by atoms with Crippen LogP contribution in [0.4, 0.5) is 0 Å². The summed E-state index contributed by atoms with van der Waals surface area (Å²) < 4.78 is 7.91. The van der Waals surface area contributed by atoms with Gasteiger partial charge in [0.15, 0.2) is 5.76 Å². The molecular formula is C21H21N3O2. The number of carbonyl (C=O) groups excluding carboxylic acids is 1. The molecule has 0 radical (unpaired) electrons. The third-order valence-corrected chi connectivity index (χ3v) is 4.98. The van der Waals surface area contributed by atoms with Gasteiger partial charge in [-0.15, -0.1) is 0 Å². The molecule has 0 unspecified atom stereocenters. The minimum atomic E-state index is -0.218. The first kappa shape index (κ1) is 16.4. The first-order valence-corrected chi connectivity index (χ1v) is 8.65. The Morgan fingerprint density at radius 2 is 1.85 bits per heavy atom. The van der Waals surface area contributed by atoms with Gasteiger partial charge < -0.3 is 14.3 Å². The zero-order chi connectivity index (χ0) is 18.4. The van der Waals surface area contributed by atoms with Crippen LogP contribution in [0.25, 0.3) is 22.0 Å². The van der Waals surface area contributed by atoms with Crippen LogP contribution in [0.2, 0.25) is 0 Å². The number of carbonyl (C=O) groups is 1. The number of amides is 1. The molecule has 0 fully saturated rings. The van der Waals surface area contributed by atoms with E-state index in [1.165, 1.54) is 0 Å². The fraction of sp³-hybridized carbons (Fsp3) is 0.238. The minimum Gasteiger partial charge on any atom is -0.450 e. The number of furan rings is 1. The van der Waals surface area contributed by atoms with Crippen LogP contribution in [0, 0.1) is 20.8 Å². The summed E-state index contributed by atoms with van der Waals surface area (Å²) in [7, 11) is 1.95. The van der Waals surface area contributed by atoms with Crippen molar-refractivity contribution in [3.8, 4) is 0 Å². The number of para-hydroxylation sites is 2. The largest absolute Gasteiger partial charge is 0.450 e. The molecular weight excluding hydrogens is 326 g/mol. The lowest BCUT2D eigenvalue weighted by Gasteiger charge is -2.04. The van der Waals surface area contributed by atoms with Crippen molar-refractivity contribution < 1.29 is 9.21 Å². The lowest BCUT2D eigenvalue weighted by Crippen LogP contribution is -2.24. The normalized spacial score (nSPS) is 11.4. The molecule has 5 nitrogen and oxygen atoms in total. The van der Waals surface area contributed by atoms with Crippen molar-refractivity contribution in [3.05, 3.63) is 64.7 Å². The Hall–Kier alpha value is -3.08. The number of rotatable bonds is 3. The van der Waals surface area contributed by atoms with E-state index >= 15 is 0 Å². The number of imidazole rings is 1. The van der Waals surface area contributed by atoms with Crippen LogP contribution < -0.4 is 5.32 Å². The van der Waals surface area contributed by atoms with E-state index in [1.807, 2.05) is 62.7 Å². The lowest BCUT2D eigenvalue weighted by atomic mass is 10.0. The molecule has 0 aliphatic rings. The van der Waals surface area contributed by atoms with Crippen molar-refractivity contribution in [1.82, 2.24) is 14.9 Å². The van der Waals surface area contributed by atoms with Crippen LogP contribution in [0.3, 0.4) is 0 Å². The Morgan fingerprint density at radius 3 is 2.58 bits per heavy atom. The van der Waals surface area contributed by atoms with Crippen molar-refractivity contribution in [2.24, 2.45) is 7.05 Å². The zero-order valence-electron chi connectivity index (χ0n) is 15.4. The van der Waals surface area contributed by atoms with Crippen molar-refractivity contribution in [2.45, 2.75) is 27.3 Å². The molecule has 1 amide bonds. The summed E-state index contributed by atoms with van der Waals surface area (Å²) in [6.45, 7) is 6.30. The van der Waals surface area contributed by atoms with E-state index in [0.717, 1.165) is 44.5 Å². The molecule has 2 aromatic carbocycles. The van der Waals surface area contributed by atoms with Gasteiger partial charge in [0, 0.05) is 18.0 Å². The maximum atomic E-state index is 12.7. The molecule has 0 saturated carbocycles. The Bertz CT molecular complexity index is 1150. The van der Waals surface area contributed by atoms with Gasteiger partial charge in [0.2, 0.25) is 0 Å². The molecule has 0 atom stereocenters. The van der Waals surface area contributed by atoms with Crippen LogP contribution in [0.15, 0.2) is 40.8 Å². The molecule has 26 heavy (non-hydrogen) atoms. The number of aromatic nitrogens is 2. The van der Waals surface area contributed by atoms with Crippen LogP contribution in [-0.4, -0.2) is 15.5 Å². The van der Waals surface area contributed by atoms with E-state index in [9.17, 15) is 4.79 Å². The standard InChI is InChI=1S/C21H21N3O2/c1-12-9-10-13(2)19-18(12)14(3)20(26-19)21(25)22-11-17-23-15-7-5-6-8-16(15)24(17)4/h5-10H,11H2,1-4H3,(H,22,25). The average molecular weight is 347 g/mol. The lowest BCUT2D eigenvalue weighted by molar-refractivity contribution is 0.0923. The van der Waals surface area contributed by atoms with Crippen LogP contribution in [0.1, 0.15) is 33.1 Å². The first-order chi connectivity index (χ1) is 12.5. The number of aryl methyl sites for hydroxylation is 4. The summed E-state index contributed by atoms with van der Waals surface area (Å²) in [5.74, 6) is 0.960. The van der Waals surface area contributed by atoms with Crippen molar-refractivity contribution in [1.29, 1.82) is 0 Å². The molecule has 0 aliphatic carbocycles. The summed E-state index contributed by atoms with van der Waals surface area (Å²) in [4.78, 5) is 17.3. The molecule has 1 N–H and O–H groups in total. The second kappa shape index (κ2) is 6.02. The minimum absolute atomic E-state index is 0.218. The second-order valence-corrected chi connectivity index (χ2v) is 6.72. The van der Waals surface area contributed by atoms with Gasteiger partial charge in [-0.1, -0.05) is 24.3 Å². The smallest absolute Gasteiger partial charge is 0.287 e. The van der Waals surface area contributed by atoms with E-state index in [0.29, 0.717) is 12.3 Å². The molecule has 0 bridgehead atoms. The first-order valence-electron chi connectivity index (χ1n) is 8.65. The van der Waals surface area contributed by atoms with E-state index in [2.05, 4.69) is 16.4 Å². The molecule has 4 aromatic rings. The SMILES string of the molecule is Cc1ccc(C)c2c(C)c(C(=O)NCc3nc4ccccc4n3C)oc12. The van der Waals surface area contributed by atoms with E-state index in [4.69, 9.17) is 4.42 Å². The number of hydrogen-bond acceptors (Lipinski definition) is 3. The highest BCUT2D eigenvalue weighted by Gasteiger charge is 2.20. The quantitative estimate of drug-likeness (QED) is 0.605. The highest BCUT2D eigenvalue weighted by molar-refractivity contribution is 6.00. The average Bonchev–Trinajstić information content (AvgIpc) is 3.15. The summed E-state index contributed by atoms with van der Waals surface area (Å²) in [6.07, 6.45) is 0. The predicted octanol–water partition coefficient (Wildman–Crippen LogP) is 4.17. The topological polar surface area (TPSA) is 60.1 Å². The van der Waals surface area contributed by atoms with Gasteiger partial charge in [-0.3, -0.25) is 4.79 Å². The van der Waals surface area contributed by atoms with Gasteiger partial charge in [0.05, 0.1) is 17.6 Å². The zero-order valence-corrected chi connectivity index (χ0v) is 15.4. The van der Waals surface area contributed by atoms with Gasteiger partial charge in [0.1, 0.15) is 11.4 Å². The molecule has 5 heteroatoms. The Balaban J connectivity index is 1.63. The van der Waals surface area contributed by atoms with Gasteiger partial charge in [0.25, 0.3) is 5.91 Å². The number of benzene rings is 2. The highest BCUT2D eigenvalue weighted by atomic mass is 16.3. The van der Waals surface area contributed by atoms with Gasteiger partial charge >= 0.3 is 0 Å². The van der Waals surface area contributed by atoms with E-state index in [-0.39, 0.29) is 5.91 Å². The number of nitrogens with one attached hydrogen (secondary N) is 1. The van der Waals surface area contributed by atoms with Crippen LogP contribution >= 0.6 is 0 Å². The molecule has 132 valence electrons. The monoisotopic (exact) mass is 347 g/mol. The maximum absolute atomic E-state index is 12.7. The molecule has 4 rings (SSSR count). The predicted molar refractivity (Wildman–Crippen MR) is 102 cm³/mol.